The van der Waals surface area contributed by atoms with E-state index in [1.807, 2.05) is 36.4 Å². The van der Waals surface area contributed by atoms with E-state index >= 15 is 0 Å². The van der Waals surface area contributed by atoms with Gasteiger partial charge in [-0.25, -0.2) is 12.1 Å². The zero-order valence-corrected chi connectivity index (χ0v) is 17.0. The summed E-state index contributed by atoms with van der Waals surface area (Å²) in [7, 11) is 0. The van der Waals surface area contributed by atoms with Crippen molar-refractivity contribution in [1.82, 2.24) is 0 Å². The molecule has 0 fully saturated rings. The van der Waals surface area contributed by atoms with E-state index in [0.29, 0.717) is 0 Å². The Hall–Kier alpha value is -1.05. The maximum atomic E-state index is 3.30. The van der Waals surface area contributed by atoms with Gasteiger partial charge >= 0.3 is 37.6 Å². The maximum absolute atomic E-state index is 3.30. The zero-order chi connectivity index (χ0) is 15.8. The molecule has 0 aromatic heterocycles. The van der Waals surface area contributed by atoms with E-state index in [4.69, 9.17) is 0 Å². The Bertz CT molecular complexity index is 653. The van der Waals surface area contributed by atoms with Gasteiger partial charge in [0.2, 0.25) is 0 Å². The first-order valence-corrected chi connectivity index (χ1v) is 8.23. The fourth-order valence-corrected chi connectivity index (χ4v) is 2.32. The van der Waals surface area contributed by atoms with Crippen LogP contribution in [0.1, 0.15) is 25.0 Å². The van der Waals surface area contributed by atoms with Crippen LogP contribution in [0.5, 0.6) is 0 Å². The van der Waals surface area contributed by atoms with Gasteiger partial charge in [-0.2, -0.15) is 48.0 Å². The summed E-state index contributed by atoms with van der Waals surface area (Å²) < 4.78 is 1.42. The molecule has 0 heterocycles. The van der Waals surface area contributed by atoms with E-state index in [1.54, 1.807) is 0 Å². The largest absolute Gasteiger partial charge is 1.00 e. The van der Waals surface area contributed by atoms with Crippen LogP contribution in [0.4, 0.5) is 0 Å². The predicted molar refractivity (Wildman–Crippen MR) is 91.9 cm³/mol. The Balaban J connectivity index is 0.000000409. The van der Waals surface area contributed by atoms with Gasteiger partial charge in [-0.3, -0.25) is 0 Å². The second-order valence-corrected chi connectivity index (χ2v) is 6.92. The Labute approximate surface area is 169 Å². The summed E-state index contributed by atoms with van der Waals surface area (Å²) in [6, 6.07) is 28.1. The van der Waals surface area contributed by atoms with Crippen molar-refractivity contribution < 1.29 is 44.8 Å². The third kappa shape index (κ3) is 7.24. The molecule has 1 aliphatic carbocycles. The Morgan fingerprint density at radius 2 is 1.50 bits per heavy atom. The summed E-state index contributed by atoms with van der Waals surface area (Å²) in [6.45, 7) is 4.17. The first-order valence-electron chi connectivity index (χ1n) is 7.45. The number of hydrogen-bond donors (Lipinski definition) is 0. The maximum Gasteiger partial charge on any atom is -0.0253 e. The minimum absolute atomic E-state index is 0. The molecule has 0 saturated carbocycles. The monoisotopic (exact) mass is 390 g/mol. The quantitative estimate of drug-likeness (QED) is 0.273. The van der Waals surface area contributed by atoms with Crippen molar-refractivity contribution in [2.75, 3.05) is 0 Å². The number of rotatable bonds is 0. The van der Waals surface area contributed by atoms with Crippen LogP contribution in [-0.4, -0.2) is 3.81 Å². The number of benzene rings is 2. The molecule has 0 N–H and O–H groups in total. The van der Waals surface area contributed by atoms with Gasteiger partial charge < -0.3 is 24.8 Å². The zero-order valence-electron chi connectivity index (χ0n) is 13.9. The molecule has 4 rings (SSSR count). The van der Waals surface area contributed by atoms with Crippen LogP contribution in [0.2, 0.25) is 0 Å². The number of fused-ring (bicyclic) bond motifs is 3. The van der Waals surface area contributed by atoms with Crippen molar-refractivity contribution in [2.45, 2.75) is 20.3 Å². The van der Waals surface area contributed by atoms with Gasteiger partial charge in [-0.05, 0) is 6.42 Å². The first-order chi connectivity index (χ1) is 10.7. The molecule has 0 aliphatic heterocycles. The van der Waals surface area contributed by atoms with E-state index in [9.17, 15) is 0 Å². The molecule has 0 saturated heterocycles. The van der Waals surface area contributed by atoms with Crippen LogP contribution >= 0.6 is 0 Å². The molecule has 0 bridgehead atoms. The summed E-state index contributed by atoms with van der Waals surface area (Å²) in [5, 5.41) is 0. The fraction of sp³-hybridized carbons (Fsp3) is 0.143. The van der Waals surface area contributed by atoms with Crippen molar-refractivity contribution in [3.05, 3.63) is 90.0 Å². The average molecular weight is 391 g/mol. The third-order valence-corrected chi connectivity index (χ3v) is 3.17. The Morgan fingerprint density at radius 1 is 0.917 bits per heavy atom. The minimum atomic E-state index is 0. The second-order valence-electron chi connectivity index (χ2n) is 5.36. The van der Waals surface area contributed by atoms with Crippen molar-refractivity contribution in [2.24, 2.45) is 0 Å². The molecule has 0 amide bonds. The van der Waals surface area contributed by atoms with Gasteiger partial charge in [0.05, 0.1) is 0 Å². The van der Waals surface area contributed by atoms with Gasteiger partial charge in [0, 0.05) is 0 Å². The number of halogens is 2. The van der Waals surface area contributed by atoms with Gasteiger partial charge in [0.15, 0.2) is 0 Å². The van der Waals surface area contributed by atoms with E-state index in [2.05, 4.69) is 76.3 Å². The molecule has 0 radical (unpaired) electrons. The van der Waals surface area contributed by atoms with Crippen LogP contribution < -0.4 is 24.8 Å². The second kappa shape index (κ2) is 12.3. The van der Waals surface area contributed by atoms with Gasteiger partial charge in [0.25, 0.3) is 0 Å². The molecule has 3 aromatic rings. The molecular formula is C21H20Cl2Ti-2. The minimum Gasteiger partial charge on any atom is -1.00 e. The van der Waals surface area contributed by atoms with Gasteiger partial charge in [0.1, 0.15) is 0 Å². The van der Waals surface area contributed by atoms with Crippen LogP contribution in [-0.2, 0) is 26.4 Å². The Morgan fingerprint density at radius 3 is 2.08 bits per heavy atom. The topological polar surface area (TPSA) is 0 Å². The van der Waals surface area contributed by atoms with E-state index < -0.39 is 0 Å². The molecule has 3 heteroatoms. The molecule has 0 atom stereocenters. The van der Waals surface area contributed by atoms with E-state index in [0.717, 1.165) is 6.42 Å². The van der Waals surface area contributed by atoms with Crippen LogP contribution in [0.3, 0.4) is 0 Å². The number of hydrogen-bond acceptors (Lipinski definition) is 0. The van der Waals surface area contributed by atoms with Crippen molar-refractivity contribution in [3.63, 3.8) is 0 Å². The van der Waals surface area contributed by atoms with E-state index in [-0.39, 0.29) is 24.8 Å². The molecule has 3 aromatic carbocycles. The Kier molecular flexibility index (Phi) is 11.8. The van der Waals surface area contributed by atoms with Crippen molar-refractivity contribution >= 4 is 3.81 Å². The van der Waals surface area contributed by atoms with E-state index in [1.165, 1.54) is 26.1 Å². The summed E-state index contributed by atoms with van der Waals surface area (Å²) in [5.41, 5.74) is 5.51. The van der Waals surface area contributed by atoms with Crippen LogP contribution in [0, 0.1) is 6.07 Å². The van der Waals surface area contributed by atoms with Crippen molar-refractivity contribution in [1.29, 1.82) is 0 Å². The average Bonchev–Trinajstić information content (AvgIpc) is 3.18. The van der Waals surface area contributed by atoms with Gasteiger partial charge in [-0.15, -0.1) is 5.56 Å². The SMILES string of the molecule is C[C](C)=[Ti+2].[Cl-].[Cl-].[c-]1cccc2c1Cc1ccccc1-2.c1cc[cH-]c1. The first kappa shape index (κ1) is 23.0. The van der Waals surface area contributed by atoms with Crippen molar-refractivity contribution in [3.8, 4) is 11.1 Å². The molecule has 1 aliphatic rings. The molecule has 0 nitrogen and oxygen atoms in total. The van der Waals surface area contributed by atoms with Crippen LogP contribution in [0.15, 0.2) is 72.8 Å². The molecule has 0 spiro atoms. The smallest absolute Gasteiger partial charge is 0.0253 e. The summed E-state index contributed by atoms with van der Waals surface area (Å²) in [4.78, 5) is 0. The molecule has 24 heavy (non-hydrogen) atoms. The standard InChI is InChI=1S/C13H9.C5H5.C3H6.2ClH.Ti/c1-3-7-12-10(5-1)9-11-6-2-4-8-13(11)12;1-2-4-5-3-1;1-3-2;;;/h1-5,7-8H,9H2;1-5H;1-2H3;2*1H;/q2*-1;;;;+2/p-2. The molecule has 0 unspecified atom stereocenters. The summed E-state index contributed by atoms with van der Waals surface area (Å²) in [5.74, 6) is 0. The summed E-state index contributed by atoms with van der Waals surface area (Å²) >= 11 is 2.08. The molecular weight excluding hydrogens is 371 g/mol. The summed E-state index contributed by atoms with van der Waals surface area (Å²) in [6.07, 6.45) is 1.05. The molecule has 124 valence electrons. The van der Waals surface area contributed by atoms with Crippen LogP contribution in [0.25, 0.3) is 11.1 Å². The normalized spacial score (nSPS) is 9.50. The predicted octanol–water partition coefficient (Wildman–Crippen LogP) is -0.783. The third-order valence-electron chi connectivity index (χ3n) is 3.17. The fourth-order valence-electron chi connectivity index (χ4n) is 2.32. The van der Waals surface area contributed by atoms with Gasteiger partial charge in [-0.1, -0.05) is 35.4 Å².